The number of hydrogen-bond acceptors (Lipinski definition) is 6. The van der Waals surface area contributed by atoms with Crippen LogP contribution in [-0.4, -0.2) is 71.7 Å². The van der Waals surface area contributed by atoms with E-state index in [-0.39, 0.29) is 12.5 Å². The fraction of sp³-hybridized carbons (Fsp3) is 0.909. The van der Waals surface area contributed by atoms with E-state index in [0.29, 0.717) is 42.8 Å². The molecule has 0 bridgehead atoms. The molecule has 5 rings (SSSR count). The van der Waals surface area contributed by atoms with Gasteiger partial charge in [-0.25, -0.2) is 0 Å². The molecule has 7 heteroatoms. The van der Waals surface area contributed by atoms with Gasteiger partial charge in [-0.3, -0.25) is 9.63 Å². The van der Waals surface area contributed by atoms with Crippen LogP contribution in [-0.2, 0) is 9.63 Å². The van der Waals surface area contributed by atoms with Crippen molar-refractivity contribution in [1.29, 1.82) is 0 Å². The number of amides is 1. The van der Waals surface area contributed by atoms with Gasteiger partial charge in [0.05, 0.1) is 12.7 Å². The molecule has 2 heterocycles. The molecule has 7 nitrogen and oxygen atoms in total. The molecule has 3 saturated carbocycles. The van der Waals surface area contributed by atoms with Crippen LogP contribution in [0.5, 0.6) is 0 Å². The van der Waals surface area contributed by atoms with Crippen molar-refractivity contribution in [2.24, 2.45) is 41.4 Å². The van der Waals surface area contributed by atoms with Gasteiger partial charge in [0.25, 0.3) is 0 Å². The first-order valence-electron chi connectivity index (χ1n) is 16.7. The van der Waals surface area contributed by atoms with Crippen LogP contribution in [0.3, 0.4) is 0 Å². The molecule has 2 aliphatic heterocycles. The maximum atomic E-state index is 13.5. The molecule has 0 aromatic heterocycles. The minimum absolute atomic E-state index is 0.0743. The monoisotopic (exact) mass is 557 g/mol. The average molecular weight is 558 g/mol. The van der Waals surface area contributed by atoms with Crippen molar-refractivity contribution in [2.45, 2.75) is 122 Å². The van der Waals surface area contributed by atoms with Crippen molar-refractivity contribution in [3.63, 3.8) is 0 Å². The van der Waals surface area contributed by atoms with Gasteiger partial charge >= 0.3 is 0 Å². The molecular weight excluding hydrogens is 502 g/mol. The lowest BCUT2D eigenvalue weighted by Crippen LogP contribution is -2.49. The molecule has 4 unspecified atom stereocenters. The Morgan fingerprint density at radius 1 is 1.02 bits per heavy atom. The zero-order valence-electron chi connectivity index (χ0n) is 25.0. The Hall–Kier alpha value is -1.17. The third-order valence-corrected chi connectivity index (χ3v) is 11.0. The highest BCUT2D eigenvalue weighted by Gasteiger charge is 2.49. The van der Waals surface area contributed by atoms with E-state index >= 15 is 0 Å². The number of rotatable bonds is 8. The van der Waals surface area contributed by atoms with Gasteiger partial charge in [0.2, 0.25) is 5.91 Å². The van der Waals surface area contributed by atoms with E-state index in [1.807, 2.05) is 5.06 Å². The van der Waals surface area contributed by atoms with E-state index in [4.69, 9.17) is 4.84 Å². The van der Waals surface area contributed by atoms with E-state index in [1.165, 1.54) is 51.4 Å². The molecule has 5 aliphatic rings. The van der Waals surface area contributed by atoms with Gasteiger partial charge in [-0.1, -0.05) is 31.6 Å². The molecule has 0 radical (unpaired) electrons. The van der Waals surface area contributed by atoms with E-state index in [0.717, 1.165) is 50.5 Å². The van der Waals surface area contributed by atoms with Crippen molar-refractivity contribution in [2.75, 3.05) is 26.2 Å². The first-order valence-corrected chi connectivity index (χ1v) is 16.7. The Morgan fingerprint density at radius 3 is 2.38 bits per heavy atom. The molecule has 4 N–H and O–H groups in total. The van der Waals surface area contributed by atoms with Crippen molar-refractivity contribution in [3.8, 4) is 11.8 Å². The molecule has 0 spiro atoms. The summed E-state index contributed by atoms with van der Waals surface area (Å²) in [5.74, 6) is 10.5. The Kier molecular flexibility index (Phi) is 10.9. The third kappa shape index (κ3) is 7.42. The number of hydrogen-bond donors (Lipinski definition) is 4. The summed E-state index contributed by atoms with van der Waals surface area (Å²) in [4.78, 5) is 19.7. The predicted octanol–water partition coefficient (Wildman–Crippen LogP) is 3.88. The quantitative estimate of drug-likeness (QED) is 0.339. The average Bonchev–Trinajstić information content (AvgIpc) is 3.55. The lowest BCUT2D eigenvalue weighted by molar-refractivity contribution is -0.193. The molecule has 0 aromatic rings. The molecule has 5 fully saturated rings. The van der Waals surface area contributed by atoms with E-state index < -0.39 is 24.2 Å². The van der Waals surface area contributed by atoms with Crippen LogP contribution in [0, 0.1) is 53.3 Å². The molecule has 2 saturated heterocycles. The SMILES string of the molecule is CC1CCC(C#CC2CCC(CN3O[C@H]([C@@H](C)O)[C@H](CO)C3C(=O)NCCC3CNC4CCCCC34)CC2)CC1. The first-order chi connectivity index (χ1) is 19.4. The Labute approximate surface area is 242 Å². The third-order valence-electron chi connectivity index (χ3n) is 11.0. The Balaban J connectivity index is 1.12. The first kappa shape index (κ1) is 30.3. The van der Waals surface area contributed by atoms with Crippen LogP contribution in [0.4, 0.5) is 0 Å². The summed E-state index contributed by atoms with van der Waals surface area (Å²) < 4.78 is 0. The second kappa shape index (κ2) is 14.3. The standard InChI is InChI=1S/C33H55N3O4/c1-22-7-9-24(10-8-22)11-12-25-13-15-26(16-14-25)20-36-31(29(21-37)32(40-36)23(2)38)33(39)34-18-17-27-19-35-30-6-4-3-5-28(27)30/h22-32,35,37-38H,3-10,13-21H2,1-2H3,(H,34,39)/t22?,23-,24?,25?,26?,27?,28?,29-,30?,31?,32-/m1/s1. The lowest BCUT2D eigenvalue weighted by Gasteiger charge is -2.32. The second-order valence-electron chi connectivity index (χ2n) is 14.0. The minimum Gasteiger partial charge on any atom is -0.396 e. The largest absolute Gasteiger partial charge is 0.396 e. The van der Waals surface area contributed by atoms with Crippen molar-refractivity contribution in [1.82, 2.24) is 15.7 Å². The van der Waals surface area contributed by atoms with Gasteiger partial charge in [-0.2, -0.15) is 5.06 Å². The van der Waals surface area contributed by atoms with E-state index in [2.05, 4.69) is 29.4 Å². The van der Waals surface area contributed by atoms with E-state index in [1.54, 1.807) is 6.92 Å². The van der Waals surface area contributed by atoms with E-state index in [9.17, 15) is 15.0 Å². The fourth-order valence-electron chi connectivity index (χ4n) is 8.44. The summed E-state index contributed by atoms with van der Waals surface area (Å²) >= 11 is 0. The van der Waals surface area contributed by atoms with Gasteiger partial charge in [0.1, 0.15) is 12.1 Å². The molecule has 7 atom stereocenters. The molecular formula is C33H55N3O4. The number of hydroxylamine groups is 2. The maximum absolute atomic E-state index is 13.5. The fourth-order valence-corrected chi connectivity index (χ4v) is 8.44. The summed E-state index contributed by atoms with van der Waals surface area (Å²) in [5, 5.41) is 29.4. The van der Waals surface area contributed by atoms with Crippen LogP contribution in [0.1, 0.15) is 97.3 Å². The van der Waals surface area contributed by atoms with Crippen molar-refractivity contribution >= 4 is 5.91 Å². The molecule has 226 valence electrons. The second-order valence-corrected chi connectivity index (χ2v) is 14.0. The van der Waals surface area contributed by atoms with Crippen LogP contribution >= 0.6 is 0 Å². The number of aliphatic hydroxyl groups is 2. The van der Waals surface area contributed by atoms with Crippen LogP contribution in [0.2, 0.25) is 0 Å². The van der Waals surface area contributed by atoms with Crippen LogP contribution < -0.4 is 10.6 Å². The van der Waals surface area contributed by atoms with Crippen LogP contribution in [0.15, 0.2) is 0 Å². The molecule has 1 amide bonds. The maximum Gasteiger partial charge on any atom is 0.240 e. The smallest absolute Gasteiger partial charge is 0.240 e. The number of carbonyl (C=O) groups is 1. The normalized spacial score (nSPS) is 41.1. The minimum atomic E-state index is -0.751. The number of nitrogens with one attached hydrogen (secondary N) is 2. The molecule has 0 aromatic carbocycles. The number of nitrogens with zero attached hydrogens (tertiary/aromatic N) is 1. The zero-order valence-corrected chi connectivity index (χ0v) is 25.0. The number of fused-ring (bicyclic) bond motifs is 1. The number of aliphatic hydroxyl groups excluding tert-OH is 2. The lowest BCUT2D eigenvalue weighted by atomic mass is 9.79. The summed E-state index contributed by atoms with van der Waals surface area (Å²) in [6.07, 6.45) is 14.4. The number of carbonyl (C=O) groups excluding carboxylic acids is 1. The highest BCUT2D eigenvalue weighted by Crippen LogP contribution is 2.37. The highest BCUT2D eigenvalue weighted by molar-refractivity contribution is 5.82. The Bertz CT molecular complexity index is 871. The van der Waals surface area contributed by atoms with Gasteiger partial charge in [-0.15, -0.1) is 0 Å². The zero-order chi connectivity index (χ0) is 28.1. The van der Waals surface area contributed by atoms with Gasteiger partial charge < -0.3 is 20.8 Å². The predicted molar refractivity (Wildman–Crippen MR) is 157 cm³/mol. The van der Waals surface area contributed by atoms with Gasteiger partial charge in [0.15, 0.2) is 0 Å². The van der Waals surface area contributed by atoms with Crippen molar-refractivity contribution < 1.29 is 19.8 Å². The molecule has 3 aliphatic carbocycles. The summed E-state index contributed by atoms with van der Waals surface area (Å²) in [7, 11) is 0. The highest BCUT2D eigenvalue weighted by atomic mass is 16.7. The summed E-state index contributed by atoms with van der Waals surface area (Å²) in [6.45, 7) is 6.24. The van der Waals surface area contributed by atoms with Gasteiger partial charge in [-0.05, 0) is 108 Å². The molecule has 40 heavy (non-hydrogen) atoms. The summed E-state index contributed by atoms with van der Waals surface area (Å²) in [6, 6.07) is 0.0934. The van der Waals surface area contributed by atoms with Crippen molar-refractivity contribution in [3.05, 3.63) is 0 Å². The van der Waals surface area contributed by atoms with Gasteiger partial charge in [0, 0.05) is 36.9 Å². The topological polar surface area (TPSA) is 94.1 Å². The summed E-state index contributed by atoms with van der Waals surface area (Å²) in [5.41, 5.74) is 0. The van der Waals surface area contributed by atoms with Crippen LogP contribution in [0.25, 0.3) is 0 Å². The Morgan fingerprint density at radius 2 is 1.70 bits per heavy atom.